The number of aromatic amines is 1. The minimum absolute atomic E-state index is 0.142. The van der Waals surface area contributed by atoms with Crippen LogP contribution in [0.5, 0.6) is 0 Å². The van der Waals surface area contributed by atoms with Crippen LogP contribution in [0.3, 0.4) is 0 Å². The highest BCUT2D eigenvalue weighted by atomic mass is 16.6. The molecule has 110 valence electrons. The van der Waals surface area contributed by atoms with E-state index in [0.29, 0.717) is 11.5 Å². The summed E-state index contributed by atoms with van der Waals surface area (Å²) in [4.78, 5) is 28.1. The summed E-state index contributed by atoms with van der Waals surface area (Å²) < 4.78 is 0. The molecule has 0 fully saturated rings. The number of amides is 1. The minimum Gasteiger partial charge on any atom is -0.383 e. The Hall–Kier alpha value is -2.97. The van der Waals surface area contributed by atoms with E-state index in [4.69, 9.17) is 0 Å². The van der Waals surface area contributed by atoms with Gasteiger partial charge in [-0.05, 0) is 12.1 Å². The zero-order chi connectivity index (χ0) is 15.4. The molecule has 0 saturated heterocycles. The van der Waals surface area contributed by atoms with Crippen LogP contribution in [0.2, 0.25) is 0 Å². The van der Waals surface area contributed by atoms with Gasteiger partial charge in [0.15, 0.2) is 0 Å². The summed E-state index contributed by atoms with van der Waals surface area (Å²) >= 11 is 0. The van der Waals surface area contributed by atoms with Gasteiger partial charge in [0.2, 0.25) is 0 Å². The number of benzene rings is 1. The first-order chi connectivity index (χ1) is 10.0. The van der Waals surface area contributed by atoms with Gasteiger partial charge in [0.1, 0.15) is 17.8 Å². The van der Waals surface area contributed by atoms with Crippen LogP contribution in [0.4, 0.5) is 11.4 Å². The number of anilines is 1. The number of nitrogens with one attached hydrogen (secondary N) is 2. The van der Waals surface area contributed by atoms with Crippen molar-refractivity contribution < 1.29 is 9.72 Å². The molecule has 9 nitrogen and oxygen atoms in total. The fraction of sp³-hybridized carbons (Fsp3) is 0.250. The summed E-state index contributed by atoms with van der Waals surface area (Å²) in [7, 11) is 3.17. The molecule has 0 atom stereocenters. The Morgan fingerprint density at radius 1 is 1.52 bits per heavy atom. The van der Waals surface area contributed by atoms with Crippen molar-refractivity contribution in [3.05, 3.63) is 46.0 Å². The third kappa shape index (κ3) is 3.14. The second kappa shape index (κ2) is 5.99. The smallest absolute Gasteiger partial charge is 0.293 e. The molecule has 21 heavy (non-hydrogen) atoms. The molecule has 1 aromatic heterocycles. The molecule has 0 saturated carbocycles. The fourth-order valence-corrected chi connectivity index (χ4v) is 1.85. The average molecular weight is 290 g/mol. The van der Waals surface area contributed by atoms with Crippen molar-refractivity contribution >= 4 is 17.3 Å². The Balaban J connectivity index is 2.22. The standard InChI is InChI=1S/C12H14N6O3/c1-13-9-4-3-8(5-10(9)18(20)21)12(19)17(2)6-11-14-7-15-16-11/h3-5,7,13H,6H2,1-2H3,(H,14,15,16). The largest absolute Gasteiger partial charge is 0.383 e. The molecule has 0 aliphatic carbocycles. The van der Waals surface area contributed by atoms with E-state index in [1.807, 2.05) is 0 Å². The maximum absolute atomic E-state index is 12.3. The average Bonchev–Trinajstić information content (AvgIpc) is 2.98. The lowest BCUT2D eigenvalue weighted by Gasteiger charge is -2.15. The highest BCUT2D eigenvalue weighted by Crippen LogP contribution is 2.25. The SMILES string of the molecule is CNc1ccc(C(=O)N(C)Cc2ncn[nH]2)cc1[N+](=O)[O-]. The van der Waals surface area contributed by atoms with E-state index in [9.17, 15) is 14.9 Å². The summed E-state index contributed by atoms with van der Waals surface area (Å²) in [5, 5.41) is 20.1. The zero-order valence-electron chi connectivity index (χ0n) is 11.5. The van der Waals surface area contributed by atoms with Gasteiger partial charge in [0.05, 0.1) is 11.5 Å². The first kappa shape index (κ1) is 14.4. The highest BCUT2D eigenvalue weighted by Gasteiger charge is 2.19. The van der Waals surface area contributed by atoms with Gasteiger partial charge in [0, 0.05) is 25.7 Å². The van der Waals surface area contributed by atoms with Gasteiger partial charge in [-0.2, -0.15) is 5.10 Å². The van der Waals surface area contributed by atoms with Gasteiger partial charge < -0.3 is 10.2 Å². The number of hydrogen-bond donors (Lipinski definition) is 2. The maximum Gasteiger partial charge on any atom is 0.293 e. The first-order valence-corrected chi connectivity index (χ1v) is 6.09. The molecule has 1 aromatic carbocycles. The number of carbonyl (C=O) groups is 1. The number of aromatic nitrogens is 3. The number of nitrogens with zero attached hydrogens (tertiary/aromatic N) is 4. The van der Waals surface area contributed by atoms with Crippen molar-refractivity contribution in [2.24, 2.45) is 0 Å². The van der Waals surface area contributed by atoms with E-state index < -0.39 is 4.92 Å². The Bertz CT molecular complexity index is 655. The van der Waals surface area contributed by atoms with Crippen LogP contribution in [-0.4, -0.2) is 45.0 Å². The molecule has 0 aliphatic rings. The molecule has 0 unspecified atom stereocenters. The van der Waals surface area contributed by atoms with Crippen LogP contribution in [0.25, 0.3) is 0 Å². The van der Waals surface area contributed by atoms with E-state index in [-0.39, 0.29) is 23.7 Å². The van der Waals surface area contributed by atoms with Gasteiger partial charge >= 0.3 is 0 Å². The normalized spacial score (nSPS) is 10.2. The molecule has 0 radical (unpaired) electrons. The van der Waals surface area contributed by atoms with Crippen molar-refractivity contribution in [2.45, 2.75) is 6.54 Å². The number of rotatable bonds is 5. The molecule has 2 rings (SSSR count). The van der Waals surface area contributed by atoms with Gasteiger partial charge in [-0.1, -0.05) is 0 Å². The molecular formula is C12H14N6O3. The lowest BCUT2D eigenvalue weighted by molar-refractivity contribution is -0.384. The fourth-order valence-electron chi connectivity index (χ4n) is 1.85. The summed E-state index contributed by atoms with van der Waals surface area (Å²) in [6.45, 7) is 0.237. The molecule has 2 aromatic rings. The van der Waals surface area contributed by atoms with Crippen molar-refractivity contribution in [1.82, 2.24) is 20.1 Å². The third-order valence-corrected chi connectivity index (χ3v) is 2.91. The molecule has 1 heterocycles. The Kier molecular flexibility index (Phi) is 4.12. The molecule has 9 heteroatoms. The third-order valence-electron chi connectivity index (χ3n) is 2.91. The number of H-pyrrole nitrogens is 1. The quantitative estimate of drug-likeness (QED) is 0.627. The molecular weight excluding hydrogens is 276 g/mol. The minimum atomic E-state index is -0.529. The predicted molar refractivity (Wildman–Crippen MR) is 74.8 cm³/mol. The van der Waals surface area contributed by atoms with Crippen LogP contribution in [0.15, 0.2) is 24.5 Å². The van der Waals surface area contributed by atoms with Crippen LogP contribution in [0.1, 0.15) is 16.2 Å². The first-order valence-electron chi connectivity index (χ1n) is 6.09. The summed E-state index contributed by atoms with van der Waals surface area (Å²) in [6.07, 6.45) is 1.35. The zero-order valence-corrected chi connectivity index (χ0v) is 11.5. The van der Waals surface area contributed by atoms with Gasteiger partial charge in [-0.3, -0.25) is 20.0 Å². The monoisotopic (exact) mass is 290 g/mol. The number of carbonyl (C=O) groups excluding carboxylic acids is 1. The van der Waals surface area contributed by atoms with E-state index >= 15 is 0 Å². The molecule has 0 spiro atoms. The molecule has 2 N–H and O–H groups in total. The number of hydrogen-bond acceptors (Lipinski definition) is 6. The Morgan fingerprint density at radius 3 is 2.86 bits per heavy atom. The molecule has 0 aliphatic heterocycles. The summed E-state index contributed by atoms with van der Waals surface area (Å²) in [5.74, 6) is 0.198. The lowest BCUT2D eigenvalue weighted by atomic mass is 10.1. The molecule has 1 amide bonds. The maximum atomic E-state index is 12.3. The van der Waals surface area contributed by atoms with Crippen molar-refractivity contribution in [1.29, 1.82) is 0 Å². The topological polar surface area (TPSA) is 117 Å². The Morgan fingerprint density at radius 2 is 2.29 bits per heavy atom. The van der Waals surface area contributed by atoms with E-state index in [0.717, 1.165) is 0 Å². The van der Waals surface area contributed by atoms with Crippen LogP contribution in [-0.2, 0) is 6.54 Å². The van der Waals surface area contributed by atoms with Crippen molar-refractivity contribution in [3.8, 4) is 0 Å². The van der Waals surface area contributed by atoms with Crippen LogP contribution in [0, 0.1) is 10.1 Å². The van der Waals surface area contributed by atoms with Crippen LogP contribution < -0.4 is 5.32 Å². The van der Waals surface area contributed by atoms with E-state index in [2.05, 4.69) is 20.5 Å². The van der Waals surface area contributed by atoms with Gasteiger partial charge in [-0.15, -0.1) is 0 Å². The second-order valence-corrected chi connectivity index (χ2v) is 4.33. The van der Waals surface area contributed by atoms with Crippen molar-refractivity contribution in [3.63, 3.8) is 0 Å². The summed E-state index contributed by atoms with van der Waals surface area (Å²) in [5.41, 5.74) is 0.452. The molecule has 0 bridgehead atoms. The second-order valence-electron chi connectivity index (χ2n) is 4.33. The van der Waals surface area contributed by atoms with Gasteiger partial charge in [-0.25, -0.2) is 4.98 Å². The van der Waals surface area contributed by atoms with Crippen molar-refractivity contribution in [2.75, 3.05) is 19.4 Å². The van der Waals surface area contributed by atoms with Gasteiger partial charge in [0.25, 0.3) is 11.6 Å². The Labute approximate surface area is 120 Å². The van der Waals surface area contributed by atoms with E-state index in [1.54, 1.807) is 14.1 Å². The summed E-state index contributed by atoms with van der Waals surface area (Å²) in [6, 6.07) is 4.30. The predicted octanol–water partition coefficient (Wildman–Crippen LogP) is 1.03. The number of nitro groups is 1. The number of nitro benzene ring substituents is 1. The highest BCUT2D eigenvalue weighted by molar-refractivity contribution is 5.95. The lowest BCUT2D eigenvalue weighted by Crippen LogP contribution is -2.26. The van der Waals surface area contributed by atoms with Crippen LogP contribution >= 0.6 is 0 Å². The van der Waals surface area contributed by atoms with E-state index in [1.165, 1.54) is 29.4 Å².